The average Bonchev–Trinajstić information content (AvgIpc) is 3.61. The van der Waals surface area contributed by atoms with E-state index in [4.69, 9.17) is 9.47 Å². The summed E-state index contributed by atoms with van der Waals surface area (Å²) >= 11 is 0. The maximum atomic E-state index is 5.62. The fraction of sp³-hybridized carbons (Fsp3) is 0.680. The van der Waals surface area contributed by atoms with Crippen molar-refractivity contribution in [3.05, 3.63) is 30.5 Å². The molecular weight excluding hydrogens is 416 g/mol. The highest BCUT2D eigenvalue weighted by Gasteiger charge is 2.38. The summed E-state index contributed by atoms with van der Waals surface area (Å²) in [5, 5.41) is 12.3. The smallest absolute Gasteiger partial charge is 0.149 e. The molecule has 178 valence electrons. The first-order valence-electron chi connectivity index (χ1n) is 12.2. The molecule has 2 aromatic heterocycles. The highest BCUT2D eigenvalue weighted by molar-refractivity contribution is 5.67. The van der Waals surface area contributed by atoms with Gasteiger partial charge in [-0.25, -0.2) is 9.97 Å². The number of hydrogen-bond donors (Lipinski definition) is 1. The second kappa shape index (κ2) is 9.60. The Bertz CT molecular complexity index is 932. The lowest BCUT2D eigenvalue weighted by atomic mass is 9.73. The zero-order chi connectivity index (χ0) is 22.8. The van der Waals surface area contributed by atoms with E-state index in [1.54, 1.807) is 20.5 Å². The minimum Gasteiger partial charge on any atom is -0.377 e. The molecule has 3 heterocycles. The minimum absolute atomic E-state index is 0.179. The van der Waals surface area contributed by atoms with Crippen molar-refractivity contribution in [2.75, 3.05) is 39.2 Å². The number of nitrogens with zero attached hydrogens (tertiary/aromatic N) is 5. The molecule has 0 unspecified atom stereocenters. The van der Waals surface area contributed by atoms with Crippen molar-refractivity contribution < 1.29 is 9.47 Å². The highest BCUT2D eigenvalue weighted by atomic mass is 16.5. The van der Waals surface area contributed by atoms with E-state index in [0.717, 1.165) is 55.1 Å². The average molecular weight is 453 g/mol. The van der Waals surface area contributed by atoms with E-state index in [9.17, 15) is 0 Å². The first-order chi connectivity index (χ1) is 16.1. The summed E-state index contributed by atoms with van der Waals surface area (Å²) in [5.41, 5.74) is 3.60. The minimum atomic E-state index is 0.179. The topological polar surface area (TPSA) is 85.3 Å². The molecule has 0 bridgehead atoms. The standard InChI is InChI=1S/C25H36N6O2/c1-25(15-31-13-21(32-2)22(14-31)33-3)8-6-19(7-9-25)29-23-10-18(11-28-30-23)20-12-26-16-27-24(20)17-4-5-17/h10-12,16-17,19,21-22H,4-9,13-15H2,1-3H3,(H,29,30)/t19?,21-,22-,25?/m1/s1. The van der Waals surface area contributed by atoms with Crippen LogP contribution >= 0.6 is 0 Å². The van der Waals surface area contributed by atoms with Gasteiger partial charge >= 0.3 is 0 Å². The van der Waals surface area contributed by atoms with Crippen LogP contribution in [-0.2, 0) is 9.47 Å². The molecule has 2 aromatic rings. The zero-order valence-electron chi connectivity index (χ0n) is 20.0. The predicted octanol–water partition coefficient (Wildman–Crippen LogP) is 3.52. The van der Waals surface area contributed by atoms with Gasteiger partial charge in [0.2, 0.25) is 0 Å². The van der Waals surface area contributed by atoms with Crippen LogP contribution in [0, 0.1) is 5.41 Å². The van der Waals surface area contributed by atoms with Crippen LogP contribution in [0.15, 0.2) is 24.8 Å². The maximum absolute atomic E-state index is 5.62. The molecule has 8 heteroatoms. The Morgan fingerprint density at radius 3 is 2.45 bits per heavy atom. The van der Waals surface area contributed by atoms with Crippen LogP contribution in [0.2, 0.25) is 0 Å². The van der Waals surface area contributed by atoms with E-state index in [1.807, 2.05) is 12.4 Å². The summed E-state index contributed by atoms with van der Waals surface area (Å²) in [5.74, 6) is 1.41. The van der Waals surface area contributed by atoms with Crippen LogP contribution in [0.3, 0.4) is 0 Å². The Kier molecular flexibility index (Phi) is 6.58. The van der Waals surface area contributed by atoms with Gasteiger partial charge in [0.05, 0.1) is 24.1 Å². The maximum Gasteiger partial charge on any atom is 0.149 e. The number of hydrogen-bond acceptors (Lipinski definition) is 8. The van der Waals surface area contributed by atoms with Gasteiger partial charge in [-0.3, -0.25) is 4.90 Å². The number of likely N-dealkylation sites (tertiary alicyclic amines) is 1. The van der Waals surface area contributed by atoms with Crippen molar-refractivity contribution in [3.8, 4) is 11.1 Å². The summed E-state index contributed by atoms with van der Waals surface area (Å²) in [6, 6.07) is 2.53. The van der Waals surface area contributed by atoms with Crippen LogP contribution in [0.1, 0.15) is 57.1 Å². The summed E-state index contributed by atoms with van der Waals surface area (Å²) in [4.78, 5) is 11.3. The molecule has 2 atom stereocenters. The third-order valence-corrected chi connectivity index (χ3v) is 7.72. The molecule has 1 saturated heterocycles. The van der Waals surface area contributed by atoms with E-state index in [-0.39, 0.29) is 12.2 Å². The Balaban J connectivity index is 1.18. The van der Waals surface area contributed by atoms with Gasteiger partial charge in [-0.15, -0.1) is 5.10 Å². The molecule has 0 spiro atoms. The lowest BCUT2D eigenvalue weighted by Crippen LogP contribution is -2.40. The summed E-state index contributed by atoms with van der Waals surface area (Å²) in [6.45, 7) is 5.45. The third kappa shape index (κ3) is 5.18. The molecule has 0 radical (unpaired) electrons. The van der Waals surface area contributed by atoms with Crippen molar-refractivity contribution in [1.29, 1.82) is 0 Å². The van der Waals surface area contributed by atoms with Crippen molar-refractivity contribution >= 4 is 5.82 Å². The van der Waals surface area contributed by atoms with Gasteiger partial charge in [-0.2, -0.15) is 5.10 Å². The van der Waals surface area contributed by atoms with Gasteiger partial charge in [0.15, 0.2) is 0 Å². The molecule has 8 nitrogen and oxygen atoms in total. The SMILES string of the molecule is CO[C@@H]1CN(CC2(C)CCC(Nc3cc(-c4cncnc4C4CC4)cnn3)CC2)C[C@H]1OC. The fourth-order valence-electron chi connectivity index (χ4n) is 5.59. The molecule has 1 aliphatic heterocycles. The van der Waals surface area contributed by atoms with Crippen molar-refractivity contribution in [3.63, 3.8) is 0 Å². The first-order valence-corrected chi connectivity index (χ1v) is 12.2. The number of nitrogens with one attached hydrogen (secondary N) is 1. The second-order valence-corrected chi connectivity index (χ2v) is 10.4. The first kappa shape index (κ1) is 22.6. The Morgan fingerprint density at radius 2 is 1.79 bits per heavy atom. The molecule has 1 N–H and O–H groups in total. The van der Waals surface area contributed by atoms with Crippen molar-refractivity contribution in [2.45, 2.75) is 69.6 Å². The molecule has 2 aliphatic carbocycles. The number of aromatic nitrogens is 4. The molecular formula is C25H36N6O2. The van der Waals surface area contributed by atoms with Gasteiger partial charge in [0.1, 0.15) is 12.1 Å². The predicted molar refractivity (Wildman–Crippen MR) is 127 cm³/mol. The lowest BCUT2D eigenvalue weighted by molar-refractivity contribution is -0.00461. The van der Waals surface area contributed by atoms with E-state index >= 15 is 0 Å². The van der Waals surface area contributed by atoms with E-state index in [2.05, 4.69) is 43.4 Å². The van der Waals surface area contributed by atoms with Crippen LogP contribution < -0.4 is 5.32 Å². The summed E-state index contributed by atoms with van der Waals surface area (Å²) in [6.07, 6.45) is 12.8. The molecule has 5 rings (SSSR count). The van der Waals surface area contributed by atoms with Crippen LogP contribution in [-0.4, -0.2) is 77.2 Å². The van der Waals surface area contributed by atoms with Crippen molar-refractivity contribution in [2.24, 2.45) is 5.41 Å². The fourth-order valence-corrected chi connectivity index (χ4v) is 5.59. The Morgan fingerprint density at radius 1 is 1.06 bits per heavy atom. The number of ether oxygens (including phenoxy) is 2. The highest BCUT2D eigenvalue weighted by Crippen LogP contribution is 2.43. The van der Waals surface area contributed by atoms with Gasteiger partial charge in [0.25, 0.3) is 0 Å². The quantitative estimate of drug-likeness (QED) is 0.651. The van der Waals surface area contributed by atoms with E-state index in [0.29, 0.717) is 17.4 Å². The molecule has 3 aliphatic rings. The van der Waals surface area contributed by atoms with Gasteiger partial charge in [0, 0.05) is 63.1 Å². The molecule has 2 saturated carbocycles. The molecule has 33 heavy (non-hydrogen) atoms. The number of anilines is 1. The van der Waals surface area contributed by atoms with Gasteiger partial charge in [-0.05, 0) is 50.0 Å². The summed E-state index contributed by atoms with van der Waals surface area (Å²) in [7, 11) is 3.57. The van der Waals surface area contributed by atoms with Crippen molar-refractivity contribution in [1.82, 2.24) is 25.1 Å². The molecule has 3 fully saturated rings. The normalized spacial score (nSPS) is 30.5. The van der Waals surface area contributed by atoms with Crippen LogP contribution in [0.5, 0.6) is 0 Å². The van der Waals surface area contributed by atoms with Gasteiger partial charge < -0.3 is 14.8 Å². The monoisotopic (exact) mass is 452 g/mol. The zero-order valence-corrected chi connectivity index (χ0v) is 20.0. The number of methoxy groups -OCH3 is 2. The Labute approximate surface area is 196 Å². The van der Waals surface area contributed by atoms with Gasteiger partial charge in [-0.1, -0.05) is 6.92 Å². The van der Waals surface area contributed by atoms with Crippen LogP contribution in [0.4, 0.5) is 5.82 Å². The van der Waals surface area contributed by atoms with Crippen LogP contribution in [0.25, 0.3) is 11.1 Å². The molecule has 0 amide bonds. The summed E-state index contributed by atoms with van der Waals surface area (Å²) < 4.78 is 11.2. The lowest BCUT2D eigenvalue weighted by Gasteiger charge is -2.40. The third-order valence-electron chi connectivity index (χ3n) is 7.72. The largest absolute Gasteiger partial charge is 0.377 e. The molecule has 0 aromatic carbocycles. The second-order valence-electron chi connectivity index (χ2n) is 10.4. The van der Waals surface area contributed by atoms with E-state index in [1.165, 1.54) is 25.7 Å². The van der Waals surface area contributed by atoms with E-state index < -0.39 is 0 Å². The Hall–Kier alpha value is -2.16. The number of rotatable bonds is 8.